The van der Waals surface area contributed by atoms with E-state index in [1.165, 1.54) is 29.3 Å². The van der Waals surface area contributed by atoms with Gasteiger partial charge in [0.2, 0.25) is 0 Å². The van der Waals surface area contributed by atoms with E-state index >= 15 is 0 Å². The fourth-order valence-corrected chi connectivity index (χ4v) is 3.88. The molecule has 0 unspecified atom stereocenters. The molecule has 0 saturated carbocycles. The lowest BCUT2D eigenvalue weighted by molar-refractivity contribution is -0.937. The van der Waals surface area contributed by atoms with Gasteiger partial charge in [0.25, 0.3) is 5.69 Å². The van der Waals surface area contributed by atoms with Crippen molar-refractivity contribution < 1.29 is 19.0 Å². The van der Waals surface area contributed by atoms with Gasteiger partial charge < -0.3 is 15.0 Å². The van der Waals surface area contributed by atoms with Crippen molar-refractivity contribution in [3.8, 4) is 0 Å². The van der Waals surface area contributed by atoms with Crippen molar-refractivity contribution >= 4 is 22.1 Å². The fourth-order valence-electron chi connectivity index (χ4n) is 3.88. The van der Waals surface area contributed by atoms with Crippen molar-refractivity contribution in [2.24, 2.45) is 0 Å². The number of morpholine rings is 1. The van der Waals surface area contributed by atoms with Crippen LogP contribution in [0.1, 0.15) is 11.6 Å². The van der Waals surface area contributed by atoms with Gasteiger partial charge in [-0.3, -0.25) is 15.1 Å². The molecular formula is C21H22FN4O3+. The summed E-state index contributed by atoms with van der Waals surface area (Å²) in [4.78, 5) is 16.3. The van der Waals surface area contributed by atoms with E-state index in [0.29, 0.717) is 25.1 Å². The zero-order valence-electron chi connectivity index (χ0n) is 15.8. The number of hydrogen-bond acceptors (Lipinski definition) is 5. The number of ether oxygens (including phenoxy) is 1. The Balaban J connectivity index is 1.63. The molecule has 4 rings (SSSR count). The predicted molar refractivity (Wildman–Crippen MR) is 108 cm³/mol. The summed E-state index contributed by atoms with van der Waals surface area (Å²) in [5.74, 6) is -0.258. The lowest BCUT2D eigenvalue weighted by Crippen LogP contribution is -3.14. The molecule has 1 atom stereocenters. The van der Waals surface area contributed by atoms with Crippen molar-refractivity contribution in [1.82, 2.24) is 4.98 Å². The zero-order valence-corrected chi connectivity index (χ0v) is 15.8. The van der Waals surface area contributed by atoms with Crippen LogP contribution < -0.4 is 10.2 Å². The van der Waals surface area contributed by atoms with Crippen molar-refractivity contribution in [2.45, 2.75) is 6.04 Å². The van der Waals surface area contributed by atoms with E-state index in [2.05, 4.69) is 10.3 Å². The average molecular weight is 397 g/mol. The topological polar surface area (TPSA) is 81.7 Å². The third-order valence-corrected chi connectivity index (χ3v) is 5.39. The molecule has 2 N–H and O–H groups in total. The Bertz CT molecular complexity index is 1010. The SMILES string of the molecule is O=[N+]([O-])c1ccc(NC[C@H](c2ccc(F)cc2)[NH+]2CCOCC2)c2ccncc12. The number of anilines is 1. The number of rotatable bonds is 6. The number of benzene rings is 2. The molecule has 7 nitrogen and oxygen atoms in total. The first kappa shape index (κ1) is 19.2. The highest BCUT2D eigenvalue weighted by atomic mass is 19.1. The number of nitro groups is 1. The van der Waals surface area contributed by atoms with E-state index in [1.54, 1.807) is 18.3 Å². The Labute approximate surface area is 167 Å². The Morgan fingerprint density at radius 3 is 2.62 bits per heavy atom. The molecule has 3 aromatic rings. The summed E-state index contributed by atoms with van der Waals surface area (Å²) < 4.78 is 18.9. The van der Waals surface area contributed by atoms with Gasteiger partial charge >= 0.3 is 0 Å². The van der Waals surface area contributed by atoms with Crippen LogP contribution in [0.4, 0.5) is 15.8 Å². The van der Waals surface area contributed by atoms with Crippen LogP contribution in [0.25, 0.3) is 10.8 Å². The maximum Gasteiger partial charge on any atom is 0.278 e. The third-order valence-electron chi connectivity index (χ3n) is 5.39. The maximum atomic E-state index is 13.4. The summed E-state index contributed by atoms with van der Waals surface area (Å²) in [6.45, 7) is 3.73. The van der Waals surface area contributed by atoms with Gasteiger partial charge in [-0.05, 0) is 24.3 Å². The number of aromatic nitrogens is 1. The van der Waals surface area contributed by atoms with E-state index in [4.69, 9.17) is 4.74 Å². The Morgan fingerprint density at radius 1 is 1.14 bits per heavy atom. The van der Waals surface area contributed by atoms with E-state index < -0.39 is 4.92 Å². The summed E-state index contributed by atoms with van der Waals surface area (Å²) in [6, 6.07) is 11.7. The first-order valence-corrected chi connectivity index (χ1v) is 9.56. The molecule has 1 aliphatic rings. The molecule has 1 fully saturated rings. The highest BCUT2D eigenvalue weighted by Gasteiger charge is 2.26. The molecule has 29 heavy (non-hydrogen) atoms. The second-order valence-corrected chi connectivity index (χ2v) is 7.07. The fraction of sp³-hybridized carbons (Fsp3) is 0.286. The Hall–Kier alpha value is -3.10. The number of nitrogens with zero attached hydrogens (tertiary/aromatic N) is 2. The summed E-state index contributed by atoms with van der Waals surface area (Å²) in [5.41, 5.74) is 1.89. The van der Waals surface area contributed by atoms with Gasteiger partial charge in [0.15, 0.2) is 0 Å². The van der Waals surface area contributed by atoms with Crippen molar-refractivity contribution in [2.75, 3.05) is 38.2 Å². The van der Waals surface area contributed by atoms with Gasteiger partial charge in [-0.15, -0.1) is 0 Å². The first-order valence-electron chi connectivity index (χ1n) is 9.56. The lowest BCUT2D eigenvalue weighted by Gasteiger charge is -2.32. The number of halogens is 1. The summed E-state index contributed by atoms with van der Waals surface area (Å²) >= 11 is 0. The highest BCUT2D eigenvalue weighted by Crippen LogP contribution is 2.31. The molecule has 0 aliphatic carbocycles. The molecule has 1 saturated heterocycles. The normalized spacial score (nSPS) is 15.9. The van der Waals surface area contributed by atoms with Crippen molar-refractivity contribution in [3.05, 3.63) is 76.4 Å². The number of non-ortho nitro benzene ring substituents is 1. The van der Waals surface area contributed by atoms with E-state index in [1.807, 2.05) is 12.1 Å². The van der Waals surface area contributed by atoms with Gasteiger partial charge in [0.05, 0.1) is 30.1 Å². The Morgan fingerprint density at radius 2 is 1.90 bits per heavy atom. The smallest absolute Gasteiger partial charge is 0.278 e. The van der Waals surface area contributed by atoms with Crippen LogP contribution in [-0.4, -0.2) is 42.8 Å². The van der Waals surface area contributed by atoms with Gasteiger partial charge in [0, 0.05) is 35.1 Å². The van der Waals surface area contributed by atoms with Crippen LogP contribution in [-0.2, 0) is 4.74 Å². The van der Waals surface area contributed by atoms with Crippen LogP contribution in [0.3, 0.4) is 0 Å². The minimum atomic E-state index is -0.396. The maximum absolute atomic E-state index is 13.4. The Kier molecular flexibility index (Phi) is 5.64. The second kappa shape index (κ2) is 8.50. The van der Waals surface area contributed by atoms with Crippen LogP contribution in [0.2, 0.25) is 0 Å². The third kappa shape index (κ3) is 4.18. The van der Waals surface area contributed by atoms with Gasteiger partial charge in [-0.1, -0.05) is 12.1 Å². The molecule has 2 aromatic carbocycles. The second-order valence-electron chi connectivity index (χ2n) is 7.07. The number of quaternary nitrogens is 1. The molecular weight excluding hydrogens is 375 g/mol. The van der Waals surface area contributed by atoms with Crippen molar-refractivity contribution in [3.63, 3.8) is 0 Å². The monoisotopic (exact) mass is 397 g/mol. The minimum absolute atomic E-state index is 0.0348. The average Bonchev–Trinajstić information content (AvgIpc) is 2.75. The van der Waals surface area contributed by atoms with Crippen LogP contribution in [0.15, 0.2) is 54.9 Å². The van der Waals surface area contributed by atoms with Gasteiger partial charge in [-0.25, -0.2) is 4.39 Å². The summed E-state index contributed by atoms with van der Waals surface area (Å²) in [6.07, 6.45) is 3.14. The van der Waals surface area contributed by atoms with Crippen molar-refractivity contribution in [1.29, 1.82) is 0 Å². The van der Waals surface area contributed by atoms with E-state index in [-0.39, 0.29) is 17.5 Å². The van der Waals surface area contributed by atoms with Gasteiger partial charge in [0.1, 0.15) is 24.9 Å². The largest absolute Gasteiger partial charge is 0.378 e. The van der Waals surface area contributed by atoms with E-state index in [0.717, 1.165) is 29.7 Å². The molecule has 1 aliphatic heterocycles. The van der Waals surface area contributed by atoms with Crippen LogP contribution >= 0.6 is 0 Å². The number of hydrogen-bond donors (Lipinski definition) is 2. The lowest BCUT2D eigenvalue weighted by atomic mass is 10.0. The summed E-state index contributed by atoms with van der Waals surface area (Å²) in [5, 5.41) is 16.0. The molecule has 0 spiro atoms. The quantitative estimate of drug-likeness (QED) is 0.493. The number of fused-ring (bicyclic) bond motifs is 1. The van der Waals surface area contributed by atoms with Gasteiger partial charge in [-0.2, -0.15) is 0 Å². The molecule has 0 amide bonds. The zero-order chi connectivity index (χ0) is 20.2. The molecule has 0 bridgehead atoms. The molecule has 150 valence electrons. The van der Waals surface area contributed by atoms with Crippen LogP contribution in [0.5, 0.6) is 0 Å². The minimum Gasteiger partial charge on any atom is -0.378 e. The highest BCUT2D eigenvalue weighted by molar-refractivity contribution is 5.99. The number of nitrogens with one attached hydrogen (secondary N) is 2. The van der Waals surface area contributed by atoms with Crippen LogP contribution in [0, 0.1) is 15.9 Å². The summed E-state index contributed by atoms with van der Waals surface area (Å²) in [7, 11) is 0. The van der Waals surface area contributed by atoms with E-state index in [9.17, 15) is 14.5 Å². The molecule has 0 radical (unpaired) electrons. The molecule has 1 aromatic heterocycles. The predicted octanol–water partition coefficient (Wildman–Crippen LogP) is 2.35. The number of nitro benzene ring substituents is 1. The molecule has 8 heteroatoms. The first-order chi connectivity index (χ1) is 14.1. The molecule has 2 heterocycles. The standard InChI is InChI=1S/C21H21FN4O3/c22-16-3-1-15(2-4-16)21(25-9-11-29-12-10-25)14-24-19-5-6-20(26(27)28)18-13-23-8-7-17(18)19/h1-8,13,21,24H,9-12,14H2/p+1/t21-/m1/s1. The number of pyridine rings is 1.